The fraction of sp³-hybridized carbons (Fsp3) is 0.0625. The molecule has 3 rings (SSSR count). The normalized spacial score (nSPS) is 10.1. The number of benzene rings is 2. The van der Waals surface area contributed by atoms with Crippen LogP contribution < -0.4 is 11.3 Å². The summed E-state index contributed by atoms with van der Waals surface area (Å²) in [5.41, 5.74) is 6.97. The summed E-state index contributed by atoms with van der Waals surface area (Å²) >= 11 is 0. The molecule has 0 aliphatic rings. The van der Waals surface area contributed by atoms with Gasteiger partial charge in [0.05, 0.1) is 5.52 Å². The number of nitrogens with two attached hydrogens (primary N) is 1. The maximum absolute atomic E-state index is 5.60. The van der Waals surface area contributed by atoms with Crippen molar-refractivity contribution in [1.29, 1.82) is 0 Å². The van der Waals surface area contributed by atoms with Crippen molar-refractivity contribution < 1.29 is 0 Å². The van der Waals surface area contributed by atoms with E-state index < -0.39 is 0 Å². The number of nitrogen functional groups attached to an aromatic ring is 1. The number of halogens is 1. The first kappa shape index (κ1) is 14.3. The molecule has 102 valence electrons. The molecule has 0 atom stereocenters. The molecule has 20 heavy (non-hydrogen) atoms. The summed E-state index contributed by atoms with van der Waals surface area (Å²) in [6.07, 6.45) is 0. The van der Waals surface area contributed by atoms with E-state index in [9.17, 15) is 0 Å². The number of nitrogens with zero attached hydrogens (tertiary/aromatic N) is 1. The van der Waals surface area contributed by atoms with Crippen molar-refractivity contribution in [3.05, 3.63) is 60.2 Å². The molecule has 3 nitrogen and oxygen atoms in total. The van der Waals surface area contributed by atoms with Gasteiger partial charge in [0.25, 0.3) is 0 Å². The van der Waals surface area contributed by atoms with Gasteiger partial charge in [0.1, 0.15) is 5.82 Å². The molecule has 0 spiro atoms. The molecular weight excluding hydrogens is 270 g/mol. The van der Waals surface area contributed by atoms with E-state index >= 15 is 0 Å². The van der Waals surface area contributed by atoms with Gasteiger partial charge in [-0.05, 0) is 30.7 Å². The van der Waals surface area contributed by atoms with Gasteiger partial charge in [0, 0.05) is 10.9 Å². The van der Waals surface area contributed by atoms with Crippen molar-refractivity contribution in [1.82, 2.24) is 4.98 Å². The lowest BCUT2D eigenvalue weighted by atomic mass is 10.0. The number of fused-ring (bicyclic) bond motifs is 1. The summed E-state index contributed by atoms with van der Waals surface area (Å²) in [6.45, 7) is 2.08. The van der Waals surface area contributed by atoms with Crippen LogP contribution in [0.25, 0.3) is 22.0 Å². The van der Waals surface area contributed by atoms with E-state index in [4.69, 9.17) is 5.84 Å². The number of hydrazine groups is 1. The van der Waals surface area contributed by atoms with Crippen LogP contribution in [0.5, 0.6) is 0 Å². The zero-order valence-electron chi connectivity index (χ0n) is 11.1. The quantitative estimate of drug-likeness (QED) is 0.554. The molecule has 0 amide bonds. The Hall–Kier alpha value is -2.10. The number of aryl methyl sites for hydroxylation is 1. The number of hydrogen-bond donors (Lipinski definition) is 2. The second kappa shape index (κ2) is 5.90. The average molecular weight is 286 g/mol. The van der Waals surface area contributed by atoms with E-state index in [1.165, 1.54) is 5.56 Å². The monoisotopic (exact) mass is 285 g/mol. The number of rotatable bonds is 2. The van der Waals surface area contributed by atoms with Crippen LogP contribution >= 0.6 is 12.4 Å². The molecule has 0 unspecified atom stereocenters. The minimum Gasteiger partial charge on any atom is -0.308 e. The molecule has 1 heterocycles. The van der Waals surface area contributed by atoms with E-state index in [1.54, 1.807) is 0 Å². The Bertz CT molecular complexity index is 726. The number of aromatic nitrogens is 1. The van der Waals surface area contributed by atoms with E-state index in [-0.39, 0.29) is 12.4 Å². The third kappa shape index (κ3) is 2.59. The van der Waals surface area contributed by atoms with E-state index in [0.717, 1.165) is 22.0 Å². The van der Waals surface area contributed by atoms with Gasteiger partial charge in [0.15, 0.2) is 0 Å². The Kier molecular flexibility index (Phi) is 4.23. The van der Waals surface area contributed by atoms with E-state index in [0.29, 0.717) is 5.82 Å². The highest BCUT2D eigenvalue weighted by Gasteiger charge is 2.08. The van der Waals surface area contributed by atoms with Crippen molar-refractivity contribution in [3.8, 4) is 11.1 Å². The SMILES string of the molecule is Cc1ccc2nc(NN)c(-c3ccccc3)cc2c1.Cl. The molecule has 0 aliphatic heterocycles. The lowest BCUT2D eigenvalue weighted by molar-refractivity contribution is 1.26. The van der Waals surface area contributed by atoms with Crippen molar-refractivity contribution in [2.45, 2.75) is 6.92 Å². The van der Waals surface area contributed by atoms with Gasteiger partial charge < -0.3 is 5.43 Å². The number of nitrogens with one attached hydrogen (secondary N) is 1. The highest BCUT2D eigenvalue weighted by atomic mass is 35.5. The number of pyridine rings is 1. The first-order valence-electron chi connectivity index (χ1n) is 6.21. The molecule has 3 N–H and O–H groups in total. The van der Waals surface area contributed by atoms with Crippen molar-refractivity contribution >= 4 is 29.1 Å². The molecule has 3 aromatic rings. The van der Waals surface area contributed by atoms with Crippen LogP contribution in [0.3, 0.4) is 0 Å². The van der Waals surface area contributed by atoms with Crippen LogP contribution in [0.15, 0.2) is 54.6 Å². The zero-order chi connectivity index (χ0) is 13.2. The molecule has 0 fully saturated rings. The highest BCUT2D eigenvalue weighted by Crippen LogP contribution is 2.29. The summed E-state index contributed by atoms with van der Waals surface area (Å²) in [6, 6.07) is 18.5. The summed E-state index contributed by atoms with van der Waals surface area (Å²) < 4.78 is 0. The Balaban J connectivity index is 0.00000147. The van der Waals surface area contributed by atoms with Crippen LogP contribution in [0, 0.1) is 6.92 Å². The minimum absolute atomic E-state index is 0. The van der Waals surface area contributed by atoms with Gasteiger partial charge in [-0.3, -0.25) is 0 Å². The topological polar surface area (TPSA) is 50.9 Å². The number of anilines is 1. The maximum Gasteiger partial charge on any atom is 0.148 e. The molecular formula is C16H16ClN3. The average Bonchev–Trinajstić information content (AvgIpc) is 2.46. The summed E-state index contributed by atoms with van der Waals surface area (Å²) in [5, 5.41) is 1.12. The fourth-order valence-corrected chi connectivity index (χ4v) is 2.24. The van der Waals surface area contributed by atoms with Crippen molar-refractivity contribution in [2.75, 3.05) is 5.43 Å². The molecule has 0 bridgehead atoms. The zero-order valence-corrected chi connectivity index (χ0v) is 11.9. The van der Waals surface area contributed by atoms with Crippen LogP contribution in [0.1, 0.15) is 5.56 Å². The Morgan fingerprint density at radius 2 is 1.75 bits per heavy atom. The Morgan fingerprint density at radius 1 is 1.00 bits per heavy atom. The van der Waals surface area contributed by atoms with Gasteiger partial charge in [-0.15, -0.1) is 12.4 Å². The Labute approximate surface area is 124 Å². The lowest BCUT2D eigenvalue weighted by Crippen LogP contribution is -2.10. The largest absolute Gasteiger partial charge is 0.308 e. The third-order valence-corrected chi connectivity index (χ3v) is 3.19. The summed E-state index contributed by atoms with van der Waals surface area (Å²) in [4.78, 5) is 4.58. The van der Waals surface area contributed by atoms with Crippen LogP contribution in [-0.2, 0) is 0 Å². The summed E-state index contributed by atoms with van der Waals surface area (Å²) in [5.74, 6) is 6.29. The second-order valence-corrected chi connectivity index (χ2v) is 4.59. The molecule has 0 radical (unpaired) electrons. The van der Waals surface area contributed by atoms with Crippen LogP contribution in [-0.4, -0.2) is 4.98 Å². The molecule has 4 heteroatoms. The number of hydrogen-bond acceptors (Lipinski definition) is 3. The minimum atomic E-state index is 0. The maximum atomic E-state index is 5.60. The first-order chi connectivity index (χ1) is 9.28. The predicted octanol–water partition coefficient (Wildman–Crippen LogP) is 3.92. The van der Waals surface area contributed by atoms with Gasteiger partial charge in [-0.1, -0.05) is 42.0 Å². The molecule has 0 saturated heterocycles. The molecule has 2 aromatic carbocycles. The molecule has 0 saturated carbocycles. The smallest absolute Gasteiger partial charge is 0.148 e. The fourth-order valence-electron chi connectivity index (χ4n) is 2.24. The lowest BCUT2D eigenvalue weighted by Gasteiger charge is -2.10. The van der Waals surface area contributed by atoms with Gasteiger partial charge in [-0.2, -0.15) is 0 Å². The summed E-state index contributed by atoms with van der Waals surface area (Å²) in [7, 11) is 0. The first-order valence-corrected chi connectivity index (χ1v) is 6.21. The van der Waals surface area contributed by atoms with Gasteiger partial charge >= 0.3 is 0 Å². The van der Waals surface area contributed by atoms with E-state index in [1.807, 2.05) is 24.3 Å². The van der Waals surface area contributed by atoms with Gasteiger partial charge in [-0.25, -0.2) is 10.8 Å². The Morgan fingerprint density at radius 3 is 2.45 bits per heavy atom. The predicted molar refractivity (Wildman–Crippen MR) is 87.0 cm³/mol. The molecule has 0 aliphatic carbocycles. The van der Waals surface area contributed by atoms with Crippen molar-refractivity contribution in [3.63, 3.8) is 0 Å². The van der Waals surface area contributed by atoms with Gasteiger partial charge in [0.2, 0.25) is 0 Å². The third-order valence-electron chi connectivity index (χ3n) is 3.19. The second-order valence-electron chi connectivity index (χ2n) is 4.59. The standard InChI is InChI=1S/C16H15N3.ClH/c1-11-7-8-15-13(9-11)10-14(16(18-15)19-17)12-5-3-2-4-6-12;/h2-10H,17H2,1H3,(H,18,19);1H. The van der Waals surface area contributed by atoms with Crippen LogP contribution in [0.4, 0.5) is 5.82 Å². The van der Waals surface area contributed by atoms with Crippen LogP contribution in [0.2, 0.25) is 0 Å². The highest BCUT2D eigenvalue weighted by molar-refractivity contribution is 5.89. The van der Waals surface area contributed by atoms with Crippen molar-refractivity contribution in [2.24, 2.45) is 5.84 Å². The van der Waals surface area contributed by atoms with E-state index in [2.05, 4.69) is 47.7 Å². The molecule has 1 aromatic heterocycles.